The standard InChI is InChI=1S/C19H22O4/c1-3-5-7-12-15-13-16(20)23-18(14-10-8-6-9-11-14)17(15)19(21)22-4-2/h6,8-11,13H,3-5,7,12H2,1-2H3. The minimum absolute atomic E-state index is 0.278. The minimum atomic E-state index is -0.443. The van der Waals surface area contributed by atoms with Crippen LogP contribution >= 0.6 is 0 Å². The van der Waals surface area contributed by atoms with Crippen LogP contribution in [0.1, 0.15) is 49.0 Å². The smallest absolute Gasteiger partial charge is 0.342 e. The van der Waals surface area contributed by atoms with Crippen LogP contribution in [0.15, 0.2) is 45.6 Å². The summed E-state index contributed by atoms with van der Waals surface area (Å²) in [6.45, 7) is 4.15. The SMILES string of the molecule is CCCCCc1cc(=O)oc(-c2ccccc2)c1C(=O)OCC. The fraction of sp³-hybridized carbons (Fsp3) is 0.368. The van der Waals surface area contributed by atoms with Crippen molar-refractivity contribution in [3.8, 4) is 11.3 Å². The van der Waals surface area contributed by atoms with E-state index < -0.39 is 11.6 Å². The van der Waals surface area contributed by atoms with Gasteiger partial charge in [-0.3, -0.25) is 0 Å². The molecule has 122 valence electrons. The molecule has 2 rings (SSSR count). The van der Waals surface area contributed by atoms with E-state index >= 15 is 0 Å². The fourth-order valence-electron chi connectivity index (χ4n) is 2.52. The van der Waals surface area contributed by atoms with Crippen LogP contribution in [0.3, 0.4) is 0 Å². The van der Waals surface area contributed by atoms with Crippen molar-refractivity contribution in [3.05, 3.63) is 57.9 Å². The Morgan fingerprint density at radius 2 is 1.87 bits per heavy atom. The number of rotatable bonds is 7. The van der Waals surface area contributed by atoms with Crippen LogP contribution in [0, 0.1) is 0 Å². The van der Waals surface area contributed by atoms with Crippen LogP contribution in [0.2, 0.25) is 0 Å². The van der Waals surface area contributed by atoms with E-state index in [4.69, 9.17) is 9.15 Å². The van der Waals surface area contributed by atoms with Gasteiger partial charge in [0.15, 0.2) is 5.76 Å². The quantitative estimate of drug-likeness (QED) is 0.567. The Morgan fingerprint density at radius 3 is 2.52 bits per heavy atom. The molecule has 0 spiro atoms. The van der Waals surface area contributed by atoms with Crippen molar-refractivity contribution in [2.45, 2.75) is 39.5 Å². The molecule has 0 aliphatic carbocycles. The van der Waals surface area contributed by atoms with E-state index in [1.807, 2.05) is 30.3 Å². The van der Waals surface area contributed by atoms with Gasteiger partial charge in [-0.25, -0.2) is 9.59 Å². The highest BCUT2D eigenvalue weighted by Gasteiger charge is 2.22. The molecule has 0 radical (unpaired) electrons. The predicted molar refractivity (Wildman–Crippen MR) is 89.6 cm³/mol. The molecule has 0 bridgehead atoms. The average molecular weight is 314 g/mol. The number of benzene rings is 1. The van der Waals surface area contributed by atoms with E-state index in [2.05, 4.69) is 6.92 Å². The van der Waals surface area contributed by atoms with Gasteiger partial charge in [-0.2, -0.15) is 0 Å². The van der Waals surface area contributed by atoms with Crippen molar-refractivity contribution in [2.75, 3.05) is 6.61 Å². The molecule has 4 heteroatoms. The topological polar surface area (TPSA) is 56.5 Å². The van der Waals surface area contributed by atoms with Crippen molar-refractivity contribution >= 4 is 5.97 Å². The van der Waals surface area contributed by atoms with E-state index in [1.165, 1.54) is 6.07 Å². The molecule has 0 atom stereocenters. The molecule has 0 saturated carbocycles. The van der Waals surface area contributed by atoms with Crippen LogP contribution in [-0.2, 0) is 11.2 Å². The number of unbranched alkanes of at least 4 members (excludes halogenated alkanes) is 2. The molecular weight excluding hydrogens is 292 g/mol. The Bertz CT molecular complexity index is 701. The van der Waals surface area contributed by atoms with Gasteiger partial charge >= 0.3 is 11.6 Å². The lowest BCUT2D eigenvalue weighted by Crippen LogP contribution is -2.14. The maximum atomic E-state index is 12.4. The molecule has 1 aromatic heterocycles. The molecule has 1 aromatic carbocycles. The maximum Gasteiger partial charge on any atom is 0.342 e. The van der Waals surface area contributed by atoms with E-state index in [9.17, 15) is 9.59 Å². The van der Waals surface area contributed by atoms with Crippen LogP contribution in [0.25, 0.3) is 11.3 Å². The normalized spacial score (nSPS) is 10.5. The Kier molecular flexibility index (Phi) is 6.15. The number of aryl methyl sites for hydroxylation is 1. The van der Waals surface area contributed by atoms with Crippen LogP contribution in [0.4, 0.5) is 0 Å². The highest BCUT2D eigenvalue weighted by molar-refractivity contribution is 5.97. The molecule has 0 fully saturated rings. The molecule has 2 aromatic rings. The highest BCUT2D eigenvalue weighted by atomic mass is 16.5. The van der Waals surface area contributed by atoms with Crippen molar-refractivity contribution in [2.24, 2.45) is 0 Å². The highest BCUT2D eigenvalue weighted by Crippen LogP contribution is 2.26. The second-order valence-electron chi connectivity index (χ2n) is 5.34. The lowest BCUT2D eigenvalue weighted by atomic mass is 9.98. The second-order valence-corrected chi connectivity index (χ2v) is 5.34. The van der Waals surface area contributed by atoms with Gasteiger partial charge in [0.05, 0.1) is 6.61 Å². The Morgan fingerprint density at radius 1 is 1.13 bits per heavy atom. The Hall–Kier alpha value is -2.36. The Labute approximate surface area is 136 Å². The first-order valence-corrected chi connectivity index (χ1v) is 8.07. The first kappa shape index (κ1) is 17.0. The van der Waals surface area contributed by atoms with Crippen LogP contribution in [0.5, 0.6) is 0 Å². The first-order chi connectivity index (χ1) is 11.2. The number of carbonyl (C=O) groups excluding carboxylic acids is 1. The Balaban J connectivity index is 2.55. The number of esters is 1. The monoisotopic (exact) mass is 314 g/mol. The van der Waals surface area contributed by atoms with Gasteiger partial charge in [0.2, 0.25) is 0 Å². The summed E-state index contributed by atoms with van der Waals surface area (Å²) in [6, 6.07) is 10.6. The van der Waals surface area contributed by atoms with Gasteiger partial charge in [0.1, 0.15) is 5.56 Å². The largest absolute Gasteiger partial charge is 0.462 e. The average Bonchev–Trinajstić information content (AvgIpc) is 2.55. The predicted octanol–water partition coefficient (Wildman–Crippen LogP) is 4.22. The summed E-state index contributed by atoms with van der Waals surface area (Å²) in [7, 11) is 0. The van der Waals surface area contributed by atoms with Gasteiger partial charge in [-0.1, -0.05) is 50.1 Å². The van der Waals surface area contributed by atoms with E-state index in [0.717, 1.165) is 19.3 Å². The fourth-order valence-corrected chi connectivity index (χ4v) is 2.52. The van der Waals surface area contributed by atoms with Crippen molar-refractivity contribution in [3.63, 3.8) is 0 Å². The van der Waals surface area contributed by atoms with Gasteiger partial charge < -0.3 is 9.15 Å². The summed E-state index contributed by atoms with van der Waals surface area (Å²) in [6.07, 6.45) is 3.69. The molecule has 1 heterocycles. The zero-order valence-electron chi connectivity index (χ0n) is 13.6. The lowest BCUT2D eigenvalue weighted by molar-refractivity contribution is 0.0523. The van der Waals surface area contributed by atoms with Crippen LogP contribution < -0.4 is 5.63 Å². The number of hydrogen-bond donors (Lipinski definition) is 0. The molecule has 0 saturated heterocycles. The number of ether oxygens (including phenoxy) is 1. The maximum absolute atomic E-state index is 12.4. The van der Waals surface area contributed by atoms with E-state index in [1.54, 1.807) is 6.92 Å². The van der Waals surface area contributed by atoms with Crippen molar-refractivity contribution in [1.29, 1.82) is 0 Å². The molecule has 4 nitrogen and oxygen atoms in total. The third-order valence-electron chi connectivity index (χ3n) is 3.61. The molecule has 0 unspecified atom stereocenters. The van der Waals surface area contributed by atoms with Crippen molar-refractivity contribution in [1.82, 2.24) is 0 Å². The summed E-state index contributed by atoms with van der Waals surface area (Å²) < 4.78 is 10.5. The van der Waals surface area contributed by atoms with Gasteiger partial charge in [0, 0.05) is 11.6 Å². The minimum Gasteiger partial charge on any atom is -0.462 e. The van der Waals surface area contributed by atoms with E-state index in [-0.39, 0.29) is 6.61 Å². The number of carbonyl (C=O) groups is 1. The zero-order chi connectivity index (χ0) is 16.7. The third-order valence-corrected chi connectivity index (χ3v) is 3.61. The first-order valence-electron chi connectivity index (χ1n) is 8.07. The summed E-state index contributed by atoms with van der Waals surface area (Å²) in [4.78, 5) is 24.4. The van der Waals surface area contributed by atoms with Crippen LogP contribution in [-0.4, -0.2) is 12.6 Å². The van der Waals surface area contributed by atoms with Crippen molar-refractivity contribution < 1.29 is 13.9 Å². The second kappa shape index (κ2) is 8.32. The summed E-state index contributed by atoms with van der Waals surface area (Å²) in [5.41, 5.74) is 1.33. The lowest BCUT2D eigenvalue weighted by Gasteiger charge is -2.12. The van der Waals surface area contributed by atoms with Gasteiger partial charge in [0.25, 0.3) is 0 Å². The molecular formula is C19H22O4. The summed E-state index contributed by atoms with van der Waals surface area (Å²) in [5.74, 6) is -0.148. The summed E-state index contributed by atoms with van der Waals surface area (Å²) >= 11 is 0. The molecule has 0 aliphatic rings. The summed E-state index contributed by atoms with van der Waals surface area (Å²) in [5, 5.41) is 0. The molecule has 0 aliphatic heterocycles. The molecule has 0 N–H and O–H groups in total. The molecule has 23 heavy (non-hydrogen) atoms. The molecule has 0 amide bonds. The van der Waals surface area contributed by atoms with E-state index in [0.29, 0.717) is 28.9 Å². The van der Waals surface area contributed by atoms with Gasteiger partial charge in [-0.05, 0) is 25.3 Å². The number of hydrogen-bond acceptors (Lipinski definition) is 4. The van der Waals surface area contributed by atoms with Gasteiger partial charge in [-0.15, -0.1) is 0 Å². The zero-order valence-corrected chi connectivity index (χ0v) is 13.6. The third kappa shape index (κ3) is 4.31.